The number of aryl methyl sites for hydroxylation is 1. The van der Waals surface area contributed by atoms with Crippen LogP contribution in [0.2, 0.25) is 0 Å². The second-order valence-electron chi connectivity index (χ2n) is 6.01. The molecule has 1 amide bonds. The molecule has 8 heteroatoms. The summed E-state index contributed by atoms with van der Waals surface area (Å²) in [6, 6.07) is 12.7. The van der Waals surface area contributed by atoms with Crippen LogP contribution in [0.15, 0.2) is 52.2 Å². The summed E-state index contributed by atoms with van der Waals surface area (Å²) in [7, 11) is 0. The number of esters is 1. The summed E-state index contributed by atoms with van der Waals surface area (Å²) in [5, 5.41) is 2.67. The van der Waals surface area contributed by atoms with E-state index in [1.54, 1.807) is 18.2 Å². The van der Waals surface area contributed by atoms with Crippen molar-refractivity contribution < 1.29 is 14.3 Å². The molecular formula is C19H19N3O4S. The summed E-state index contributed by atoms with van der Waals surface area (Å²) in [6.45, 7) is 3.49. The highest BCUT2D eigenvalue weighted by atomic mass is 32.2. The Hall–Kier alpha value is -3.00. The van der Waals surface area contributed by atoms with Gasteiger partial charge in [-0.15, -0.1) is 11.8 Å². The molecule has 7 nitrogen and oxygen atoms in total. The standard InChI is InChI=1S/C19H19N3O4S/c1-11-5-3-4-6-16(11)27-10-17(23)26-12(2)18(24)20-13-7-8-14-15(9-13)22-19(25)21-14/h3-9,12H,10H2,1-2H3,(H,20,24)(H2,21,22,25)/t12-/m1/s1. The van der Waals surface area contributed by atoms with Crippen molar-refractivity contribution in [2.24, 2.45) is 0 Å². The molecule has 27 heavy (non-hydrogen) atoms. The molecule has 0 radical (unpaired) electrons. The molecular weight excluding hydrogens is 366 g/mol. The van der Waals surface area contributed by atoms with Gasteiger partial charge >= 0.3 is 11.7 Å². The van der Waals surface area contributed by atoms with Crippen LogP contribution in [0, 0.1) is 6.92 Å². The maximum Gasteiger partial charge on any atom is 0.323 e. The van der Waals surface area contributed by atoms with Crippen LogP contribution in [0.4, 0.5) is 5.69 Å². The molecule has 0 saturated heterocycles. The second kappa shape index (κ2) is 8.13. The molecule has 1 heterocycles. The first kappa shape index (κ1) is 18.8. The maximum absolute atomic E-state index is 12.2. The first-order chi connectivity index (χ1) is 12.9. The Bertz CT molecular complexity index is 1040. The summed E-state index contributed by atoms with van der Waals surface area (Å²) in [4.78, 5) is 41.8. The number of aromatic nitrogens is 2. The summed E-state index contributed by atoms with van der Waals surface area (Å²) in [6.07, 6.45) is -0.934. The summed E-state index contributed by atoms with van der Waals surface area (Å²) in [5.41, 5.74) is 2.49. The van der Waals surface area contributed by atoms with Gasteiger partial charge in [0.2, 0.25) is 0 Å². The third-order valence-electron chi connectivity index (χ3n) is 3.90. The van der Waals surface area contributed by atoms with Crippen LogP contribution in [0.3, 0.4) is 0 Å². The Morgan fingerprint density at radius 1 is 1.15 bits per heavy atom. The fourth-order valence-corrected chi connectivity index (χ4v) is 3.31. The number of imidazole rings is 1. The number of anilines is 1. The van der Waals surface area contributed by atoms with Crippen molar-refractivity contribution in [3.05, 3.63) is 58.5 Å². The molecule has 140 valence electrons. The summed E-state index contributed by atoms with van der Waals surface area (Å²) < 4.78 is 5.20. The highest BCUT2D eigenvalue weighted by Gasteiger charge is 2.18. The SMILES string of the molecule is Cc1ccccc1SCC(=O)O[C@H](C)C(=O)Nc1ccc2[nH]c(=O)[nH]c2c1. The molecule has 1 aromatic heterocycles. The van der Waals surface area contributed by atoms with E-state index in [1.807, 2.05) is 31.2 Å². The maximum atomic E-state index is 12.2. The monoisotopic (exact) mass is 385 g/mol. The van der Waals surface area contributed by atoms with Crippen LogP contribution in [-0.2, 0) is 14.3 Å². The van der Waals surface area contributed by atoms with E-state index in [9.17, 15) is 14.4 Å². The number of amides is 1. The zero-order chi connectivity index (χ0) is 19.4. The average Bonchev–Trinajstić information content (AvgIpc) is 3.00. The molecule has 3 N–H and O–H groups in total. The minimum Gasteiger partial charge on any atom is -0.452 e. The molecule has 0 aliphatic heterocycles. The predicted molar refractivity (Wildman–Crippen MR) is 105 cm³/mol. The largest absolute Gasteiger partial charge is 0.452 e. The smallest absolute Gasteiger partial charge is 0.323 e. The van der Waals surface area contributed by atoms with E-state index < -0.39 is 18.0 Å². The molecule has 0 fully saturated rings. The molecule has 0 unspecified atom stereocenters. The topological polar surface area (TPSA) is 104 Å². The predicted octanol–water partition coefficient (Wildman–Crippen LogP) is 2.83. The van der Waals surface area contributed by atoms with Crippen LogP contribution >= 0.6 is 11.8 Å². The van der Waals surface area contributed by atoms with Gasteiger partial charge in [0, 0.05) is 10.6 Å². The lowest BCUT2D eigenvalue weighted by molar-refractivity contribution is -0.150. The molecule has 0 aliphatic rings. The molecule has 0 bridgehead atoms. The minimum absolute atomic E-state index is 0.124. The van der Waals surface area contributed by atoms with E-state index in [0.717, 1.165) is 10.5 Å². The number of nitrogens with one attached hydrogen (secondary N) is 3. The fraction of sp³-hybridized carbons (Fsp3) is 0.211. The summed E-state index contributed by atoms with van der Waals surface area (Å²) in [5.74, 6) is -0.781. The lowest BCUT2D eigenvalue weighted by Crippen LogP contribution is -2.30. The average molecular weight is 385 g/mol. The van der Waals surface area contributed by atoms with Crippen LogP contribution < -0.4 is 11.0 Å². The third kappa shape index (κ3) is 4.79. The minimum atomic E-state index is -0.934. The molecule has 0 aliphatic carbocycles. The van der Waals surface area contributed by atoms with E-state index in [0.29, 0.717) is 16.7 Å². The lowest BCUT2D eigenvalue weighted by atomic mass is 10.2. The van der Waals surface area contributed by atoms with Crippen molar-refractivity contribution in [2.75, 3.05) is 11.1 Å². The van der Waals surface area contributed by atoms with E-state index in [2.05, 4.69) is 15.3 Å². The Kier molecular flexibility index (Phi) is 5.66. The van der Waals surface area contributed by atoms with Crippen molar-refractivity contribution in [1.29, 1.82) is 0 Å². The summed E-state index contributed by atoms with van der Waals surface area (Å²) >= 11 is 1.37. The van der Waals surface area contributed by atoms with Gasteiger partial charge in [-0.3, -0.25) is 9.59 Å². The van der Waals surface area contributed by atoms with Gasteiger partial charge in [-0.2, -0.15) is 0 Å². The van der Waals surface area contributed by atoms with E-state index in [4.69, 9.17) is 4.74 Å². The van der Waals surface area contributed by atoms with Gasteiger partial charge < -0.3 is 20.0 Å². The van der Waals surface area contributed by atoms with Crippen molar-refractivity contribution in [1.82, 2.24) is 9.97 Å². The second-order valence-corrected chi connectivity index (χ2v) is 7.03. The number of ether oxygens (including phenoxy) is 1. The highest BCUT2D eigenvalue weighted by Crippen LogP contribution is 2.22. The van der Waals surface area contributed by atoms with Gasteiger partial charge in [0.1, 0.15) is 0 Å². The number of hydrogen-bond acceptors (Lipinski definition) is 5. The number of carbonyl (C=O) groups is 2. The number of rotatable bonds is 6. The Balaban J connectivity index is 1.54. The van der Waals surface area contributed by atoms with Gasteiger partial charge in [0.25, 0.3) is 5.91 Å². The van der Waals surface area contributed by atoms with E-state index in [1.165, 1.54) is 18.7 Å². The van der Waals surface area contributed by atoms with Gasteiger partial charge in [-0.25, -0.2) is 4.79 Å². The Morgan fingerprint density at radius 3 is 2.67 bits per heavy atom. The van der Waals surface area contributed by atoms with Gasteiger partial charge in [0.15, 0.2) is 6.10 Å². The van der Waals surface area contributed by atoms with Crippen LogP contribution in [0.25, 0.3) is 11.0 Å². The number of aromatic amines is 2. The van der Waals surface area contributed by atoms with Crippen LogP contribution in [-0.4, -0.2) is 33.7 Å². The number of fused-ring (bicyclic) bond motifs is 1. The van der Waals surface area contributed by atoms with Gasteiger partial charge in [-0.05, 0) is 43.7 Å². The number of H-pyrrole nitrogens is 2. The number of benzene rings is 2. The van der Waals surface area contributed by atoms with Crippen LogP contribution in [0.5, 0.6) is 0 Å². The highest BCUT2D eigenvalue weighted by molar-refractivity contribution is 8.00. The number of thioether (sulfide) groups is 1. The first-order valence-electron chi connectivity index (χ1n) is 8.33. The molecule has 2 aromatic carbocycles. The van der Waals surface area contributed by atoms with Crippen molar-refractivity contribution in [2.45, 2.75) is 24.8 Å². The van der Waals surface area contributed by atoms with Crippen LogP contribution in [0.1, 0.15) is 12.5 Å². The molecule has 3 aromatic rings. The zero-order valence-electron chi connectivity index (χ0n) is 14.9. The third-order valence-corrected chi connectivity index (χ3v) is 5.05. The van der Waals surface area contributed by atoms with E-state index >= 15 is 0 Å². The molecule has 1 atom stereocenters. The molecule has 3 rings (SSSR count). The quantitative estimate of drug-likeness (QED) is 0.447. The van der Waals surface area contributed by atoms with Crippen molar-refractivity contribution in [3.8, 4) is 0 Å². The number of hydrogen-bond donors (Lipinski definition) is 3. The lowest BCUT2D eigenvalue weighted by Gasteiger charge is -2.13. The van der Waals surface area contributed by atoms with Crippen molar-refractivity contribution >= 4 is 40.4 Å². The normalized spacial score (nSPS) is 11.9. The first-order valence-corrected chi connectivity index (χ1v) is 9.32. The van der Waals surface area contributed by atoms with Gasteiger partial charge in [0.05, 0.1) is 16.8 Å². The number of carbonyl (C=O) groups excluding carboxylic acids is 2. The molecule has 0 saturated carbocycles. The van der Waals surface area contributed by atoms with Gasteiger partial charge in [-0.1, -0.05) is 18.2 Å². The molecule has 0 spiro atoms. The zero-order valence-corrected chi connectivity index (χ0v) is 15.7. The Labute approximate surface area is 159 Å². The fourth-order valence-electron chi connectivity index (χ4n) is 2.49. The van der Waals surface area contributed by atoms with E-state index in [-0.39, 0.29) is 11.4 Å². The Morgan fingerprint density at radius 2 is 1.89 bits per heavy atom. The van der Waals surface area contributed by atoms with Crippen molar-refractivity contribution in [3.63, 3.8) is 0 Å².